The molecule has 3 heterocycles. The van der Waals surface area contributed by atoms with Crippen LogP contribution in [0.15, 0.2) is 59.8 Å². The maximum Gasteiger partial charge on any atom is 0.258 e. The van der Waals surface area contributed by atoms with Crippen molar-refractivity contribution in [3.8, 4) is 11.4 Å². The largest absolute Gasteiger partial charge is 0.498 e. The number of nitrogens with one attached hydrogen (secondary N) is 1. The van der Waals surface area contributed by atoms with Crippen LogP contribution in [-0.2, 0) is 39.3 Å². The molecular formula is C24H33ClN4O2Y-2. The molecule has 3 rings (SSSR count). The molecule has 0 fully saturated rings. The summed E-state index contributed by atoms with van der Waals surface area (Å²) in [7, 11) is 3.29. The van der Waals surface area contributed by atoms with Gasteiger partial charge < -0.3 is 17.0 Å². The number of rotatable bonds is 5. The summed E-state index contributed by atoms with van der Waals surface area (Å²) < 4.78 is 7.10. The minimum Gasteiger partial charge on any atom is -0.498 e. The summed E-state index contributed by atoms with van der Waals surface area (Å²) in [5.74, 6) is 0.489. The number of pyridine rings is 3. The summed E-state index contributed by atoms with van der Waals surface area (Å²) in [6.07, 6.45) is 4.89. The second-order valence-corrected chi connectivity index (χ2v) is 5.92. The fourth-order valence-electron chi connectivity index (χ4n) is 2.02. The smallest absolute Gasteiger partial charge is 0.258 e. The minimum atomic E-state index is -0.183. The summed E-state index contributed by atoms with van der Waals surface area (Å²) >= 11 is 5.78. The number of halogens is 1. The molecule has 0 spiro atoms. The first kappa shape index (κ1) is 32.6. The molecule has 32 heavy (non-hydrogen) atoms. The van der Waals surface area contributed by atoms with E-state index in [9.17, 15) is 4.79 Å². The summed E-state index contributed by atoms with van der Waals surface area (Å²) in [6.45, 7) is 14.3. The van der Waals surface area contributed by atoms with E-state index in [-0.39, 0.29) is 44.9 Å². The monoisotopic (exact) mass is 533 g/mol. The first-order chi connectivity index (χ1) is 15.0. The number of ether oxygens (including phenoxy) is 1. The number of aromatic nitrogens is 3. The zero-order valence-corrected chi connectivity index (χ0v) is 23.2. The SMILES string of the molecule is CC.CC.Cc1ccc(-n2ccc(OCc3ccc(Cl)cn3)cc2=O)cn1.[CH2-]CN[CH2-].[Y]. The average Bonchev–Trinajstić information content (AvgIpc) is 2.82. The zero-order valence-electron chi connectivity index (χ0n) is 19.6. The Morgan fingerprint density at radius 2 is 1.72 bits per heavy atom. The third-order valence-corrected chi connectivity index (χ3v) is 3.64. The van der Waals surface area contributed by atoms with Crippen molar-refractivity contribution in [2.45, 2.75) is 41.2 Å². The summed E-state index contributed by atoms with van der Waals surface area (Å²) in [6, 6.07) is 10.4. The van der Waals surface area contributed by atoms with E-state index in [1.54, 1.807) is 36.8 Å². The van der Waals surface area contributed by atoms with Gasteiger partial charge in [0.2, 0.25) is 0 Å². The van der Waals surface area contributed by atoms with Gasteiger partial charge >= 0.3 is 0 Å². The molecule has 1 N–H and O–H groups in total. The normalized spacial score (nSPS) is 8.88. The van der Waals surface area contributed by atoms with E-state index >= 15 is 0 Å². The Morgan fingerprint density at radius 3 is 2.19 bits per heavy atom. The number of hydrogen-bond donors (Lipinski definition) is 1. The van der Waals surface area contributed by atoms with E-state index in [1.807, 2.05) is 46.8 Å². The predicted octanol–water partition coefficient (Wildman–Crippen LogP) is 5.42. The predicted molar refractivity (Wildman–Crippen MR) is 130 cm³/mol. The van der Waals surface area contributed by atoms with Gasteiger partial charge in [-0.25, -0.2) is 0 Å². The van der Waals surface area contributed by atoms with Gasteiger partial charge in [-0.15, -0.1) is 0 Å². The van der Waals surface area contributed by atoms with Gasteiger partial charge in [0.15, 0.2) is 0 Å². The Hall–Kier alpha value is -1.60. The van der Waals surface area contributed by atoms with Gasteiger partial charge in [0, 0.05) is 56.9 Å². The van der Waals surface area contributed by atoms with Crippen molar-refractivity contribution in [1.82, 2.24) is 19.9 Å². The molecule has 3 aromatic heterocycles. The first-order valence-electron chi connectivity index (χ1n) is 10.2. The molecule has 0 aliphatic carbocycles. The fraction of sp³-hybridized carbons (Fsp3) is 0.292. The molecule has 1 radical (unpaired) electrons. The van der Waals surface area contributed by atoms with E-state index < -0.39 is 0 Å². The van der Waals surface area contributed by atoms with Crippen LogP contribution in [0.3, 0.4) is 0 Å². The molecule has 0 unspecified atom stereocenters. The standard InChI is InChI=1S/C17H14ClN3O2.C3H7N.2C2H6.Y/c1-12-2-5-15(10-19-12)21-7-6-16(8-17(21)22)23-11-14-4-3-13(18)9-20-14;1-3-4-2;2*1-2;/h2-10H,11H2,1H3;4H,1-3H2;2*1-2H3;/q;-2;;;. The Kier molecular flexibility index (Phi) is 20.4. The molecule has 173 valence electrons. The van der Waals surface area contributed by atoms with Crippen LogP contribution >= 0.6 is 11.6 Å². The van der Waals surface area contributed by atoms with Crippen LogP contribution in [-0.4, -0.2) is 21.1 Å². The van der Waals surface area contributed by atoms with E-state index in [2.05, 4.69) is 29.3 Å². The molecule has 0 aromatic carbocycles. The topological polar surface area (TPSA) is 69.0 Å². The molecule has 0 saturated carbocycles. The summed E-state index contributed by atoms with van der Waals surface area (Å²) in [5.41, 5.74) is 2.17. The van der Waals surface area contributed by atoms with Crippen LogP contribution in [0.5, 0.6) is 5.75 Å². The molecular weight excluding hydrogens is 501 g/mol. The van der Waals surface area contributed by atoms with Crippen molar-refractivity contribution < 1.29 is 37.4 Å². The molecule has 0 bridgehead atoms. The Labute approximate surface area is 222 Å². The van der Waals surface area contributed by atoms with E-state index in [0.717, 1.165) is 11.4 Å². The number of nitrogens with zero attached hydrogens (tertiary/aromatic N) is 3. The molecule has 3 aromatic rings. The molecule has 0 atom stereocenters. The van der Waals surface area contributed by atoms with Crippen LogP contribution < -0.4 is 15.6 Å². The summed E-state index contributed by atoms with van der Waals surface area (Å²) in [5, 5.41) is 3.14. The molecule has 6 nitrogen and oxygen atoms in total. The average molecular weight is 534 g/mol. The quantitative estimate of drug-likeness (QED) is 0.444. The fourth-order valence-corrected chi connectivity index (χ4v) is 2.13. The third-order valence-electron chi connectivity index (χ3n) is 3.42. The molecule has 0 aliphatic heterocycles. The maximum atomic E-state index is 12.2. The van der Waals surface area contributed by atoms with E-state index in [1.165, 1.54) is 10.6 Å². The van der Waals surface area contributed by atoms with Crippen LogP contribution in [0, 0.1) is 20.9 Å². The van der Waals surface area contributed by atoms with Gasteiger partial charge in [-0.1, -0.05) is 39.3 Å². The van der Waals surface area contributed by atoms with Gasteiger partial charge in [0.25, 0.3) is 5.56 Å². The minimum absolute atomic E-state index is 0. The van der Waals surface area contributed by atoms with Gasteiger partial charge in [0.1, 0.15) is 12.4 Å². The Balaban J connectivity index is 0. The maximum absolute atomic E-state index is 12.2. The second kappa shape index (κ2) is 20.0. The van der Waals surface area contributed by atoms with Gasteiger partial charge in [-0.2, -0.15) is 6.54 Å². The second-order valence-electron chi connectivity index (χ2n) is 5.48. The van der Waals surface area contributed by atoms with Crippen molar-refractivity contribution in [2.75, 3.05) is 6.54 Å². The van der Waals surface area contributed by atoms with Crippen molar-refractivity contribution in [3.05, 3.63) is 95.7 Å². The Morgan fingerprint density at radius 1 is 1.06 bits per heavy atom. The molecule has 0 amide bonds. The van der Waals surface area contributed by atoms with Gasteiger partial charge in [-0.3, -0.25) is 26.4 Å². The summed E-state index contributed by atoms with van der Waals surface area (Å²) in [4.78, 5) is 20.5. The van der Waals surface area contributed by atoms with Crippen LogP contribution in [0.25, 0.3) is 5.69 Å². The van der Waals surface area contributed by atoms with Crippen LogP contribution in [0.4, 0.5) is 0 Å². The first-order valence-corrected chi connectivity index (χ1v) is 10.6. The number of hydrogen-bond acceptors (Lipinski definition) is 5. The molecule has 8 heteroatoms. The molecule has 0 saturated heterocycles. The van der Waals surface area contributed by atoms with Gasteiger partial charge in [0.05, 0.1) is 22.6 Å². The van der Waals surface area contributed by atoms with E-state index in [0.29, 0.717) is 23.0 Å². The van der Waals surface area contributed by atoms with Gasteiger partial charge in [-0.05, 0) is 37.3 Å². The van der Waals surface area contributed by atoms with Crippen molar-refractivity contribution in [2.24, 2.45) is 0 Å². The number of aryl methyl sites for hydroxylation is 1. The van der Waals surface area contributed by atoms with Crippen LogP contribution in [0.1, 0.15) is 39.1 Å². The molecule has 0 aliphatic rings. The van der Waals surface area contributed by atoms with E-state index in [4.69, 9.17) is 16.3 Å². The van der Waals surface area contributed by atoms with Crippen molar-refractivity contribution in [3.63, 3.8) is 0 Å². The van der Waals surface area contributed by atoms with Crippen molar-refractivity contribution in [1.29, 1.82) is 0 Å². The third kappa shape index (κ3) is 12.4. The van der Waals surface area contributed by atoms with Crippen LogP contribution in [0.2, 0.25) is 5.02 Å². The Bertz CT molecular complexity index is 899. The zero-order chi connectivity index (χ0) is 23.6. The van der Waals surface area contributed by atoms with Crippen molar-refractivity contribution >= 4 is 11.6 Å².